The van der Waals surface area contributed by atoms with Crippen molar-refractivity contribution >= 4 is 5.82 Å². The highest BCUT2D eigenvalue weighted by molar-refractivity contribution is 5.40. The van der Waals surface area contributed by atoms with Gasteiger partial charge in [0.25, 0.3) is 0 Å². The molecule has 0 fully saturated rings. The molecule has 1 aromatic heterocycles. The first-order chi connectivity index (χ1) is 9.24. The molecule has 1 atom stereocenters. The van der Waals surface area contributed by atoms with E-state index in [2.05, 4.69) is 41.5 Å². The van der Waals surface area contributed by atoms with E-state index in [0.29, 0.717) is 5.82 Å². The van der Waals surface area contributed by atoms with Crippen LogP contribution in [0.3, 0.4) is 0 Å². The number of aryl methyl sites for hydroxylation is 1. The maximum absolute atomic E-state index is 5.91. The van der Waals surface area contributed by atoms with Crippen molar-refractivity contribution in [2.75, 3.05) is 12.8 Å². The molecule has 0 saturated carbocycles. The monoisotopic (exact) mass is 255 g/mol. The largest absolute Gasteiger partial charge is 0.383 e. The molecule has 0 radical (unpaired) electrons. The second-order valence-electron chi connectivity index (χ2n) is 4.69. The fourth-order valence-corrected chi connectivity index (χ4v) is 2.22. The molecular formula is C16H21N3. The number of nitrogens with zero attached hydrogens (tertiary/aromatic N) is 1. The Labute approximate surface area is 114 Å². The third kappa shape index (κ3) is 3.32. The van der Waals surface area contributed by atoms with E-state index in [0.717, 1.165) is 18.4 Å². The third-order valence-corrected chi connectivity index (χ3v) is 3.49. The molecule has 0 aliphatic rings. The Balaban J connectivity index is 2.17. The molecule has 0 aliphatic heterocycles. The van der Waals surface area contributed by atoms with Gasteiger partial charge in [-0.15, -0.1) is 0 Å². The molecule has 3 N–H and O–H groups in total. The molecule has 0 spiro atoms. The lowest BCUT2D eigenvalue weighted by Gasteiger charge is -2.17. The first kappa shape index (κ1) is 13.6. The molecule has 0 aliphatic carbocycles. The highest BCUT2D eigenvalue weighted by Gasteiger charge is 2.11. The molecule has 1 unspecified atom stereocenters. The molecule has 2 aromatic rings. The van der Waals surface area contributed by atoms with E-state index < -0.39 is 0 Å². The van der Waals surface area contributed by atoms with E-state index in [9.17, 15) is 0 Å². The van der Waals surface area contributed by atoms with E-state index in [1.54, 1.807) is 6.20 Å². The van der Waals surface area contributed by atoms with E-state index in [4.69, 9.17) is 5.73 Å². The van der Waals surface area contributed by atoms with Crippen molar-refractivity contribution in [3.8, 4) is 0 Å². The van der Waals surface area contributed by atoms with Crippen LogP contribution in [-0.2, 0) is 12.8 Å². The van der Waals surface area contributed by atoms with E-state index in [1.165, 1.54) is 11.1 Å². The molecule has 0 saturated heterocycles. The highest BCUT2D eigenvalue weighted by Crippen LogP contribution is 2.21. The maximum atomic E-state index is 5.91. The second-order valence-corrected chi connectivity index (χ2v) is 4.69. The summed E-state index contributed by atoms with van der Waals surface area (Å²) in [5.74, 6) is 0.618. The summed E-state index contributed by atoms with van der Waals surface area (Å²) in [7, 11) is 1.98. The molecule has 1 aromatic carbocycles. The van der Waals surface area contributed by atoms with Gasteiger partial charge in [0.05, 0.1) is 0 Å². The number of pyridine rings is 1. The summed E-state index contributed by atoms with van der Waals surface area (Å²) in [6.07, 6.45) is 3.64. The van der Waals surface area contributed by atoms with Crippen LogP contribution in [0.15, 0.2) is 42.6 Å². The Morgan fingerprint density at radius 1 is 1.21 bits per heavy atom. The maximum Gasteiger partial charge on any atom is 0.126 e. The lowest BCUT2D eigenvalue weighted by atomic mass is 9.98. The van der Waals surface area contributed by atoms with Crippen molar-refractivity contribution < 1.29 is 0 Å². The van der Waals surface area contributed by atoms with Crippen LogP contribution >= 0.6 is 0 Å². The predicted molar refractivity (Wildman–Crippen MR) is 80.0 cm³/mol. The normalized spacial score (nSPS) is 12.3. The number of hydrogen-bond acceptors (Lipinski definition) is 3. The lowest BCUT2D eigenvalue weighted by Crippen LogP contribution is -2.19. The van der Waals surface area contributed by atoms with Crippen LogP contribution in [0.4, 0.5) is 5.82 Å². The van der Waals surface area contributed by atoms with Crippen molar-refractivity contribution in [2.45, 2.75) is 25.8 Å². The van der Waals surface area contributed by atoms with Gasteiger partial charge in [0.2, 0.25) is 0 Å². The summed E-state index contributed by atoms with van der Waals surface area (Å²) in [5.41, 5.74) is 9.63. The Morgan fingerprint density at radius 3 is 2.53 bits per heavy atom. The molecule has 2 rings (SSSR count). The Kier molecular flexibility index (Phi) is 4.53. The van der Waals surface area contributed by atoms with E-state index >= 15 is 0 Å². The Hall–Kier alpha value is -1.87. The third-order valence-electron chi connectivity index (χ3n) is 3.49. The molecule has 0 bridgehead atoms. The zero-order valence-corrected chi connectivity index (χ0v) is 11.6. The minimum atomic E-state index is 0.261. The number of nitrogens with one attached hydrogen (secondary N) is 1. The number of anilines is 1. The fourth-order valence-electron chi connectivity index (χ4n) is 2.22. The molecular weight excluding hydrogens is 234 g/mol. The molecule has 0 amide bonds. The van der Waals surface area contributed by atoms with Crippen molar-refractivity contribution in [1.82, 2.24) is 10.3 Å². The minimum absolute atomic E-state index is 0.261. The zero-order chi connectivity index (χ0) is 13.7. The van der Waals surface area contributed by atoms with E-state index in [1.807, 2.05) is 19.2 Å². The summed E-state index contributed by atoms with van der Waals surface area (Å²) < 4.78 is 0. The number of rotatable bonds is 5. The summed E-state index contributed by atoms with van der Waals surface area (Å²) in [5, 5.41) is 3.35. The van der Waals surface area contributed by atoms with Crippen LogP contribution in [0, 0.1) is 0 Å². The van der Waals surface area contributed by atoms with E-state index in [-0.39, 0.29) is 6.04 Å². The van der Waals surface area contributed by atoms with Crippen molar-refractivity contribution in [3.05, 3.63) is 59.3 Å². The lowest BCUT2D eigenvalue weighted by molar-refractivity contribution is 0.592. The summed E-state index contributed by atoms with van der Waals surface area (Å²) in [6.45, 7) is 2.17. The van der Waals surface area contributed by atoms with Gasteiger partial charge in [-0.05, 0) is 42.6 Å². The average molecular weight is 255 g/mol. The first-order valence-electron chi connectivity index (χ1n) is 6.70. The Bertz CT molecular complexity index is 520. The Morgan fingerprint density at radius 2 is 1.95 bits per heavy atom. The standard InChI is InChI=1S/C16H21N3/c1-3-12-6-8-13(9-7-12)15(18-2)11-14-5-4-10-19-16(14)17/h4-10,15,18H,3,11H2,1-2H3,(H2,17,19). The van der Waals surface area contributed by atoms with Crippen molar-refractivity contribution in [2.24, 2.45) is 0 Å². The summed E-state index contributed by atoms with van der Waals surface area (Å²) in [6, 6.07) is 13.0. The smallest absolute Gasteiger partial charge is 0.126 e. The topological polar surface area (TPSA) is 50.9 Å². The number of aromatic nitrogens is 1. The van der Waals surface area contributed by atoms with Gasteiger partial charge in [-0.3, -0.25) is 0 Å². The molecule has 3 heteroatoms. The molecule has 3 nitrogen and oxygen atoms in total. The van der Waals surface area contributed by atoms with Gasteiger partial charge in [0.15, 0.2) is 0 Å². The SMILES string of the molecule is CCc1ccc(C(Cc2cccnc2N)NC)cc1. The highest BCUT2D eigenvalue weighted by atomic mass is 14.9. The van der Waals surface area contributed by atoms with Gasteiger partial charge in [-0.25, -0.2) is 4.98 Å². The number of nitrogen functional groups attached to an aromatic ring is 1. The van der Waals surface area contributed by atoms with Gasteiger partial charge in [-0.2, -0.15) is 0 Å². The van der Waals surface area contributed by atoms with Crippen LogP contribution in [0.25, 0.3) is 0 Å². The number of hydrogen-bond donors (Lipinski definition) is 2. The van der Waals surface area contributed by atoms with Gasteiger partial charge in [0, 0.05) is 12.2 Å². The summed E-state index contributed by atoms with van der Waals surface area (Å²) in [4.78, 5) is 4.14. The number of benzene rings is 1. The van der Waals surface area contributed by atoms with Crippen LogP contribution in [-0.4, -0.2) is 12.0 Å². The van der Waals surface area contributed by atoms with Crippen molar-refractivity contribution in [1.29, 1.82) is 0 Å². The van der Waals surface area contributed by atoms with Crippen LogP contribution in [0.2, 0.25) is 0 Å². The van der Waals surface area contributed by atoms with Crippen molar-refractivity contribution in [3.63, 3.8) is 0 Å². The van der Waals surface area contributed by atoms with Gasteiger partial charge < -0.3 is 11.1 Å². The van der Waals surface area contributed by atoms with Crippen LogP contribution < -0.4 is 11.1 Å². The first-order valence-corrected chi connectivity index (χ1v) is 6.70. The fraction of sp³-hybridized carbons (Fsp3) is 0.312. The number of likely N-dealkylation sites (N-methyl/N-ethyl adjacent to an activating group) is 1. The molecule has 100 valence electrons. The number of nitrogens with two attached hydrogens (primary N) is 1. The van der Waals surface area contributed by atoms with Crippen LogP contribution in [0.5, 0.6) is 0 Å². The van der Waals surface area contributed by atoms with Crippen LogP contribution in [0.1, 0.15) is 29.7 Å². The van der Waals surface area contributed by atoms with Gasteiger partial charge >= 0.3 is 0 Å². The van der Waals surface area contributed by atoms with Gasteiger partial charge in [0.1, 0.15) is 5.82 Å². The average Bonchev–Trinajstić information content (AvgIpc) is 2.47. The van der Waals surface area contributed by atoms with Gasteiger partial charge in [-0.1, -0.05) is 37.3 Å². The zero-order valence-electron chi connectivity index (χ0n) is 11.6. The molecule has 1 heterocycles. The molecule has 19 heavy (non-hydrogen) atoms. The summed E-state index contributed by atoms with van der Waals surface area (Å²) >= 11 is 0. The predicted octanol–water partition coefficient (Wildman–Crippen LogP) is 2.73. The quantitative estimate of drug-likeness (QED) is 0.863. The minimum Gasteiger partial charge on any atom is -0.383 e. The second kappa shape index (κ2) is 6.34.